The maximum absolute atomic E-state index is 14.0. The number of carbonyl (C=O) groups is 1. The van der Waals surface area contributed by atoms with Crippen LogP contribution in [0.25, 0.3) is 0 Å². The number of ether oxygens (including phenoxy) is 2. The minimum atomic E-state index is -0.306. The van der Waals surface area contributed by atoms with Crippen molar-refractivity contribution in [2.75, 3.05) is 17.2 Å². The van der Waals surface area contributed by atoms with Crippen molar-refractivity contribution < 1.29 is 18.7 Å². The third kappa shape index (κ3) is 7.48. The van der Waals surface area contributed by atoms with Gasteiger partial charge in [0.1, 0.15) is 12.4 Å². The summed E-state index contributed by atoms with van der Waals surface area (Å²) in [6.07, 6.45) is 0.483. The van der Waals surface area contributed by atoms with E-state index in [0.29, 0.717) is 42.6 Å². The zero-order valence-corrected chi connectivity index (χ0v) is 21.2. The van der Waals surface area contributed by atoms with Crippen LogP contribution < -0.4 is 20.1 Å². The molecule has 0 fully saturated rings. The summed E-state index contributed by atoms with van der Waals surface area (Å²) in [5, 5.41) is 6.31. The molecule has 0 aromatic heterocycles. The second-order valence-corrected chi connectivity index (χ2v) is 9.15. The Bertz CT molecular complexity index is 1120. The number of nitrogens with one attached hydrogen (secondary N) is 2. The highest BCUT2D eigenvalue weighted by molar-refractivity contribution is 9.10. The molecule has 7 heteroatoms. The lowest BCUT2D eigenvalue weighted by molar-refractivity contribution is -0.116. The Kier molecular flexibility index (Phi) is 9.33. The van der Waals surface area contributed by atoms with Crippen LogP contribution in [0.5, 0.6) is 11.5 Å². The predicted octanol–water partition coefficient (Wildman–Crippen LogP) is 7.16. The fourth-order valence-electron chi connectivity index (χ4n) is 3.39. The van der Waals surface area contributed by atoms with Gasteiger partial charge in [-0.25, -0.2) is 4.39 Å². The molecule has 0 saturated heterocycles. The molecule has 180 valence electrons. The van der Waals surface area contributed by atoms with Crippen LogP contribution in [0.1, 0.15) is 38.3 Å². The van der Waals surface area contributed by atoms with Crippen molar-refractivity contribution in [3.8, 4) is 11.5 Å². The quantitative estimate of drug-likeness (QED) is 0.277. The van der Waals surface area contributed by atoms with Crippen LogP contribution in [-0.4, -0.2) is 12.5 Å². The van der Waals surface area contributed by atoms with E-state index in [1.54, 1.807) is 18.2 Å². The normalized spacial score (nSPS) is 10.8. The molecule has 3 aromatic rings. The van der Waals surface area contributed by atoms with E-state index in [4.69, 9.17) is 9.47 Å². The minimum absolute atomic E-state index is 0.00316. The van der Waals surface area contributed by atoms with Gasteiger partial charge in [-0.15, -0.1) is 0 Å². The first-order valence-corrected chi connectivity index (χ1v) is 12.1. The van der Waals surface area contributed by atoms with Crippen LogP contribution >= 0.6 is 15.9 Å². The van der Waals surface area contributed by atoms with Crippen molar-refractivity contribution in [1.82, 2.24) is 0 Å². The maximum Gasteiger partial charge on any atom is 0.224 e. The number of hydrogen-bond donors (Lipinski definition) is 2. The Hall–Kier alpha value is -3.06. The van der Waals surface area contributed by atoms with E-state index in [9.17, 15) is 9.18 Å². The molecule has 5 nitrogen and oxygen atoms in total. The number of halogens is 2. The fourth-order valence-corrected chi connectivity index (χ4v) is 3.99. The molecule has 0 saturated carbocycles. The molecule has 0 heterocycles. The second kappa shape index (κ2) is 12.4. The van der Waals surface area contributed by atoms with Crippen molar-refractivity contribution in [2.24, 2.45) is 5.92 Å². The highest BCUT2D eigenvalue weighted by Gasteiger charge is 2.14. The molecule has 0 aliphatic rings. The van der Waals surface area contributed by atoms with Gasteiger partial charge in [0.25, 0.3) is 0 Å². The summed E-state index contributed by atoms with van der Waals surface area (Å²) in [6.45, 7) is 7.04. The van der Waals surface area contributed by atoms with Crippen LogP contribution in [0, 0.1) is 11.7 Å². The predicted molar refractivity (Wildman–Crippen MR) is 138 cm³/mol. The van der Waals surface area contributed by atoms with Gasteiger partial charge in [0.05, 0.1) is 11.1 Å². The maximum atomic E-state index is 14.0. The molecule has 0 spiro atoms. The van der Waals surface area contributed by atoms with Crippen LogP contribution in [0.15, 0.2) is 65.1 Å². The van der Waals surface area contributed by atoms with Crippen LogP contribution in [0.4, 0.5) is 15.8 Å². The molecule has 3 rings (SSSR count). The Labute approximate surface area is 208 Å². The Morgan fingerprint density at radius 1 is 1.03 bits per heavy atom. The average molecular weight is 529 g/mol. The molecule has 0 bridgehead atoms. The van der Waals surface area contributed by atoms with Gasteiger partial charge in [-0.1, -0.05) is 38.1 Å². The van der Waals surface area contributed by atoms with E-state index in [-0.39, 0.29) is 18.3 Å². The van der Waals surface area contributed by atoms with Crippen LogP contribution in [-0.2, 0) is 17.9 Å². The lowest BCUT2D eigenvalue weighted by atomic mass is 10.1. The first-order valence-electron chi connectivity index (χ1n) is 11.3. The zero-order valence-electron chi connectivity index (χ0n) is 19.7. The van der Waals surface area contributed by atoms with Crippen molar-refractivity contribution in [3.05, 3.63) is 82.1 Å². The summed E-state index contributed by atoms with van der Waals surface area (Å²) in [4.78, 5) is 12.1. The number of rotatable bonds is 11. The standard InChI is InChI=1S/C27H30BrFN2O3/c1-4-33-25-14-19(13-23(28)27(25)34-17-20-8-5-6-11-24(20)29)16-30-21-9-7-10-22(15-21)31-26(32)12-18(2)3/h5-11,13-15,18,30H,4,12,16-17H2,1-3H3,(H,31,32). The van der Waals surface area contributed by atoms with E-state index >= 15 is 0 Å². The number of carbonyl (C=O) groups excluding carboxylic acids is 1. The summed E-state index contributed by atoms with van der Waals surface area (Å²) in [5.41, 5.74) is 3.09. The summed E-state index contributed by atoms with van der Waals surface area (Å²) in [6, 6.07) is 18.0. The van der Waals surface area contributed by atoms with Gasteiger partial charge >= 0.3 is 0 Å². The Morgan fingerprint density at radius 2 is 1.79 bits per heavy atom. The molecular formula is C27H30BrFN2O3. The summed E-state index contributed by atoms with van der Waals surface area (Å²) in [7, 11) is 0. The lowest BCUT2D eigenvalue weighted by Gasteiger charge is -2.16. The first-order chi connectivity index (χ1) is 16.4. The molecule has 0 aliphatic heterocycles. The van der Waals surface area contributed by atoms with Crippen molar-refractivity contribution in [2.45, 2.75) is 40.3 Å². The van der Waals surface area contributed by atoms with E-state index in [1.807, 2.05) is 57.2 Å². The number of amides is 1. The number of anilines is 2. The van der Waals surface area contributed by atoms with Gasteiger partial charge in [0.2, 0.25) is 5.91 Å². The molecule has 34 heavy (non-hydrogen) atoms. The smallest absolute Gasteiger partial charge is 0.224 e. The third-order valence-corrected chi connectivity index (χ3v) is 5.52. The van der Waals surface area contributed by atoms with Gasteiger partial charge in [0.15, 0.2) is 11.5 Å². The summed E-state index contributed by atoms with van der Waals surface area (Å²) < 4.78 is 26.4. The molecule has 0 aliphatic carbocycles. The van der Waals surface area contributed by atoms with E-state index < -0.39 is 0 Å². The number of benzene rings is 3. The lowest BCUT2D eigenvalue weighted by Crippen LogP contribution is -2.13. The van der Waals surface area contributed by atoms with Crippen molar-refractivity contribution >= 4 is 33.2 Å². The molecule has 0 unspecified atom stereocenters. The molecule has 2 N–H and O–H groups in total. The minimum Gasteiger partial charge on any atom is -0.490 e. The van der Waals surface area contributed by atoms with Gasteiger partial charge in [-0.05, 0) is 70.7 Å². The highest BCUT2D eigenvalue weighted by atomic mass is 79.9. The summed E-state index contributed by atoms with van der Waals surface area (Å²) in [5.74, 6) is 1.12. The molecule has 0 radical (unpaired) electrons. The molecule has 0 atom stereocenters. The van der Waals surface area contributed by atoms with E-state index in [2.05, 4.69) is 26.6 Å². The SMILES string of the molecule is CCOc1cc(CNc2cccc(NC(=O)CC(C)C)c2)cc(Br)c1OCc1ccccc1F. The highest BCUT2D eigenvalue weighted by Crippen LogP contribution is 2.38. The first kappa shape index (κ1) is 25.6. The van der Waals surface area contributed by atoms with Gasteiger partial charge in [-0.2, -0.15) is 0 Å². The van der Waals surface area contributed by atoms with Gasteiger partial charge in [-0.3, -0.25) is 4.79 Å². The van der Waals surface area contributed by atoms with Crippen molar-refractivity contribution in [1.29, 1.82) is 0 Å². The van der Waals surface area contributed by atoms with Crippen molar-refractivity contribution in [3.63, 3.8) is 0 Å². The van der Waals surface area contributed by atoms with Gasteiger partial charge in [0, 0.05) is 29.9 Å². The van der Waals surface area contributed by atoms with Crippen LogP contribution in [0.2, 0.25) is 0 Å². The topological polar surface area (TPSA) is 59.6 Å². The Morgan fingerprint density at radius 3 is 2.53 bits per heavy atom. The van der Waals surface area contributed by atoms with Gasteiger partial charge < -0.3 is 20.1 Å². The fraction of sp³-hybridized carbons (Fsp3) is 0.296. The van der Waals surface area contributed by atoms with E-state index in [0.717, 1.165) is 21.4 Å². The zero-order chi connectivity index (χ0) is 24.5. The van der Waals surface area contributed by atoms with Crippen LogP contribution in [0.3, 0.4) is 0 Å². The third-order valence-electron chi connectivity index (χ3n) is 4.94. The Balaban J connectivity index is 1.69. The monoisotopic (exact) mass is 528 g/mol. The molecule has 3 aromatic carbocycles. The molecule has 1 amide bonds. The average Bonchev–Trinajstić information content (AvgIpc) is 2.78. The summed E-state index contributed by atoms with van der Waals surface area (Å²) >= 11 is 3.57. The second-order valence-electron chi connectivity index (χ2n) is 8.30. The number of hydrogen-bond acceptors (Lipinski definition) is 4. The van der Waals surface area contributed by atoms with E-state index in [1.165, 1.54) is 6.07 Å². The largest absolute Gasteiger partial charge is 0.490 e. The molecular weight excluding hydrogens is 499 g/mol.